The van der Waals surface area contributed by atoms with E-state index in [0.717, 1.165) is 16.9 Å². The number of rotatable bonds is 5. The zero-order valence-corrected chi connectivity index (χ0v) is 13.2. The summed E-state index contributed by atoms with van der Waals surface area (Å²) in [4.78, 5) is 16.8. The first-order valence-corrected chi connectivity index (χ1v) is 8.13. The van der Waals surface area contributed by atoms with E-state index >= 15 is 0 Å². The van der Waals surface area contributed by atoms with E-state index in [1.54, 1.807) is 16.9 Å². The van der Waals surface area contributed by atoms with E-state index in [1.165, 1.54) is 12.8 Å². The van der Waals surface area contributed by atoms with E-state index < -0.39 is 0 Å². The van der Waals surface area contributed by atoms with Crippen molar-refractivity contribution in [3.8, 4) is 5.69 Å². The fraction of sp³-hybridized carbons (Fsp3) is 0.211. The second kappa shape index (κ2) is 6.28. The Hall–Kier alpha value is -2.95. The van der Waals surface area contributed by atoms with Crippen LogP contribution in [0.25, 0.3) is 5.69 Å². The maximum atomic E-state index is 12.4. The standard InChI is InChI=1S/C19H18N4O/c24-19(16-3-1-4-17(11-16)23-10-2-9-22-23)21-13-14-5-8-18(20-12-14)15-6-7-15/h1-5,8-12,15H,6-7,13H2,(H,21,24). The molecule has 1 N–H and O–H groups in total. The molecular formula is C19H18N4O. The van der Waals surface area contributed by atoms with Crippen LogP contribution in [0.5, 0.6) is 0 Å². The zero-order chi connectivity index (χ0) is 16.4. The molecule has 4 rings (SSSR count). The number of aromatic nitrogens is 3. The number of hydrogen-bond donors (Lipinski definition) is 1. The molecule has 1 fully saturated rings. The van der Waals surface area contributed by atoms with E-state index in [-0.39, 0.29) is 5.91 Å². The largest absolute Gasteiger partial charge is 0.348 e. The summed E-state index contributed by atoms with van der Waals surface area (Å²) < 4.78 is 1.73. The molecule has 1 aliphatic carbocycles. The van der Waals surface area contributed by atoms with Crippen molar-refractivity contribution in [2.45, 2.75) is 25.3 Å². The molecule has 1 aliphatic rings. The average Bonchev–Trinajstić information content (AvgIpc) is 3.34. The van der Waals surface area contributed by atoms with Crippen LogP contribution in [-0.4, -0.2) is 20.7 Å². The molecule has 2 heterocycles. The topological polar surface area (TPSA) is 59.8 Å². The predicted octanol–water partition coefficient (Wildman–Crippen LogP) is 3.07. The Kier molecular flexibility index (Phi) is 3.83. The summed E-state index contributed by atoms with van der Waals surface area (Å²) in [6.07, 6.45) is 7.91. The lowest BCUT2D eigenvalue weighted by Gasteiger charge is -2.08. The van der Waals surface area contributed by atoms with Crippen LogP contribution in [0.3, 0.4) is 0 Å². The fourth-order valence-electron chi connectivity index (χ4n) is 2.66. The maximum Gasteiger partial charge on any atom is 0.251 e. The van der Waals surface area contributed by atoms with Crippen molar-refractivity contribution in [2.75, 3.05) is 0 Å². The normalized spacial score (nSPS) is 13.7. The third-order valence-electron chi connectivity index (χ3n) is 4.17. The van der Waals surface area contributed by atoms with Crippen LogP contribution in [0.4, 0.5) is 0 Å². The molecule has 1 amide bonds. The Balaban J connectivity index is 1.41. The highest BCUT2D eigenvalue weighted by Gasteiger charge is 2.24. The number of amides is 1. The summed E-state index contributed by atoms with van der Waals surface area (Å²) in [6.45, 7) is 0.475. The molecule has 0 radical (unpaired) electrons. The molecule has 1 aromatic carbocycles. The minimum atomic E-state index is -0.102. The Bertz CT molecular complexity index is 836. The van der Waals surface area contributed by atoms with Crippen LogP contribution in [0.15, 0.2) is 61.1 Å². The van der Waals surface area contributed by atoms with E-state index in [2.05, 4.69) is 21.5 Å². The van der Waals surface area contributed by atoms with E-state index in [4.69, 9.17) is 0 Å². The van der Waals surface area contributed by atoms with Crippen molar-refractivity contribution in [1.82, 2.24) is 20.1 Å². The number of hydrogen-bond acceptors (Lipinski definition) is 3. The van der Waals surface area contributed by atoms with Gasteiger partial charge in [-0.15, -0.1) is 0 Å². The minimum Gasteiger partial charge on any atom is -0.348 e. The van der Waals surface area contributed by atoms with Gasteiger partial charge in [-0.1, -0.05) is 12.1 Å². The van der Waals surface area contributed by atoms with Gasteiger partial charge in [0, 0.05) is 42.3 Å². The first-order valence-electron chi connectivity index (χ1n) is 8.13. The quantitative estimate of drug-likeness (QED) is 0.786. The Morgan fingerprint density at radius 3 is 2.83 bits per heavy atom. The Labute approximate surface area is 140 Å². The SMILES string of the molecule is O=C(NCc1ccc(C2CC2)nc1)c1cccc(-n2cccn2)c1. The number of pyridine rings is 1. The highest BCUT2D eigenvalue weighted by Crippen LogP contribution is 2.38. The third-order valence-corrected chi connectivity index (χ3v) is 4.17. The lowest BCUT2D eigenvalue weighted by molar-refractivity contribution is 0.0951. The number of nitrogens with zero attached hydrogens (tertiary/aromatic N) is 3. The molecule has 0 bridgehead atoms. The summed E-state index contributed by atoms with van der Waals surface area (Å²) >= 11 is 0. The molecule has 0 saturated heterocycles. The van der Waals surface area contributed by atoms with E-state index in [0.29, 0.717) is 18.0 Å². The highest BCUT2D eigenvalue weighted by atomic mass is 16.1. The van der Waals surface area contributed by atoms with Gasteiger partial charge >= 0.3 is 0 Å². The van der Waals surface area contributed by atoms with Gasteiger partial charge in [0.25, 0.3) is 5.91 Å². The van der Waals surface area contributed by atoms with Crippen LogP contribution < -0.4 is 5.32 Å². The first kappa shape index (κ1) is 14.6. The third kappa shape index (κ3) is 3.20. The van der Waals surface area contributed by atoms with Crippen molar-refractivity contribution in [3.05, 3.63) is 77.9 Å². The molecule has 3 aromatic rings. The van der Waals surface area contributed by atoms with Gasteiger partial charge < -0.3 is 5.32 Å². The van der Waals surface area contributed by atoms with Crippen LogP contribution in [0, 0.1) is 0 Å². The molecule has 120 valence electrons. The molecular weight excluding hydrogens is 300 g/mol. The van der Waals surface area contributed by atoms with E-state index in [9.17, 15) is 4.79 Å². The van der Waals surface area contributed by atoms with Crippen LogP contribution >= 0.6 is 0 Å². The number of carbonyl (C=O) groups is 1. The summed E-state index contributed by atoms with van der Waals surface area (Å²) in [5, 5.41) is 7.13. The molecule has 5 nitrogen and oxygen atoms in total. The van der Waals surface area contributed by atoms with E-state index in [1.807, 2.05) is 42.7 Å². The van der Waals surface area contributed by atoms with Gasteiger partial charge in [0.1, 0.15) is 0 Å². The Morgan fingerprint density at radius 2 is 2.12 bits per heavy atom. The molecule has 0 aliphatic heterocycles. The summed E-state index contributed by atoms with van der Waals surface area (Å²) in [5.74, 6) is 0.550. The summed E-state index contributed by atoms with van der Waals surface area (Å²) in [5.41, 5.74) is 3.65. The molecule has 24 heavy (non-hydrogen) atoms. The highest BCUT2D eigenvalue weighted by molar-refractivity contribution is 5.94. The fourth-order valence-corrected chi connectivity index (χ4v) is 2.66. The van der Waals surface area contributed by atoms with Gasteiger partial charge in [0.15, 0.2) is 0 Å². The molecule has 5 heteroatoms. The number of carbonyl (C=O) groups excluding carboxylic acids is 1. The minimum absolute atomic E-state index is 0.102. The van der Waals surface area contributed by atoms with Gasteiger partial charge in [-0.05, 0) is 48.7 Å². The van der Waals surface area contributed by atoms with Crippen molar-refractivity contribution in [2.24, 2.45) is 0 Å². The monoisotopic (exact) mass is 318 g/mol. The van der Waals surface area contributed by atoms with Crippen molar-refractivity contribution < 1.29 is 4.79 Å². The molecule has 0 unspecified atom stereocenters. The smallest absolute Gasteiger partial charge is 0.251 e. The molecule has 2 aromatic heterocycles. The predicted molar refractivity (Wildman–Crippen MR) is 90.9 cm³/mol. The second-order valence-corrected chi connectivity index (χ2v) is 6.05. The Morgan fingerprint density at radius 1 is 1.21 bits per heavy atom. The lowest BCUT2D eigenvalue weighted by Crippen LogP contribution is -2.23. The molecule has 0 spiro atoms. The number of benzene rings is 1. The van der Waals surface area contributed by atoms with Crippen LogP contribution in [0.1, 0.15) is 40.4 Å². The van der Waals surface area contributed by atoms with Gasteiger partial charge in [-0.25, -0.2) is 4.68 Å². The van der Waals surface area contributed by atoms with Gasteiger partial charge in [-0.2, -0.15) is 5.10 Å². The van der Waals surface area contributed by atoms with Gasteiger partial charge in [-0.3, -0.25) is 9.78 Å². The van der Waals surface area contributed by atoms with Crippen molar-refractivity contribution >= 4 is 5.91 Å². The zero-order valence-electron chi connectivity index (χ0n) is 13.2. The van der Waals surface area contributed by atoms with Gasteiger partial charge in [0.2, 0.25) is 0 Å². The lowest BCUT2D eigenvalue weighted by atomic mass is 10.1. The summed E-state index contributed by atoms with van der Waals surface area (Å²) in [6, 6.07) is 13.4. The average molecular weight is 318 g/mol. The van der Waals surface area contributed by atoms with Crippen molar-refractivity contribution in [3.63, 3.8) is 0 Å². The number of nitrogens with one attached hydrogen (secondary N) is 1. The van der Waals surface area contributed by atoms with Crippen molar-refractivity contribution in [1.29, 1.82) is 0 Å². The first-order chi connectivity index (χ1) is 11.8. The second-order valence-electron chi connectivity index (χ2n) is 6.05. The molecule has 0 atom stereocenters. The van der Waals surface area contributed by atoms with Crippen LogP contribution in [-0.2, 0) is 6.54 Å². The summed E-state index contributed by atoms with van der Waals surface area (Å²) in [7, 11) is 0. The van der Waals surface area contributed by atoms with Crippen LogP contribution in [0.2, 0.25) is 0 Å². The maximum absolute atomic E-state index is 12.4. The van der Waals surface area contributed by atoms with Gasteiger partial charge in [0.05, 0.1) is 5.69 Å². The molecule has 1 saturated carbocycles.